The molecular formula is C11H15N3S. The van der Waals surface area contributed by atoms with E-state index in [9.17, 15) is 0 Å². The van der Waals surface area contributed by atoms with Crippen molar-refractivity contribution in [1.29, 1.82) is 0 Å². The third kappa shape index (κ3) is 2.52. The summed E-state index contributed by atoms with van der Waals surface area (Å²) in [6, 6.07) is 2.02. The van der Waals surface area contributed by atoms with Crippen LogP contribution in [0, 0.1) is 5.92 Å². The van der Waals surface area contributed by atoms with Gasteiger partial charge in [-0.25, -0.2) is 4.98 Å². The van der Waals surface area contributed by atoms with Crippen LogP contribution < -0.4 is 5.73 Å². The number of nitrogens with zero attached hydrogens (tertiary/aromatic N) is 2. The van der Waals surface area contributed by atoms with E-state index in [-0.39, 0.29) is 0 Å². The van der Waals surface area contributed by atoms with E-state index in [0.29, 0.717) is 5.92 Å². The fourth-order valence-electron chi connectivity index (χ4n) is 1.42. The van der Waals surface area contributed by atoms with Gasteiger partial charge in [0.25, 0.3) is 0 Å². The largest absolute Gasteiger partial charge is 0.330 e. The second-order valence-corrected chi connectivity index (χ2v) is 4.95. The summed E-state index contributed by atoms with van der Waals surface area (Å²) >= 11 is 1.76. The van der Waals surface area contributed by atoms with Gasteiger partial charge in [-0.05, 0) is 31.4 Å². The Hall–Kier alpha value is -1.00. The van der Waals surface area contributed by atoms with Gasteiger partial charge < -0.3 is 5.73 Å². The van der Waals surface area contributed by atoms with Crippen LogP contribution in [-0.2, 0) is 6.42 Å². The zero-order chi connectivity index (χ0) is 10.7. The highest BCUT2D eigenvalue weighted by atomic mass is 32.1. The van der Waals surface area contributed by atoms with Crippen LogP contribution in [0.15, 0.2) is 18.5 Å². The molecule has 0 fully saturated rings. The molecule has 0 aliphatic carbocycles. The lowest BCUT2D eigenvalue weighted by molar-refractivity contribution is 0.544. The van der Waals surface area contributed by atoms with E-state index in [1.54, 1.807) is 11.3 Å². The molecule has 2 aromatic rings. The topological polar surface area (TPSA) is 51.8 Å². The lowest BCUT2D eigenvalue weighted by atomic mass is 10.1. The van der Waals surface area contributed by atoms with Gasteiger partial charge in [-0.3, -0.25) is 4.98 Å². The summed E-state index contributed by atoms with van der Waals surface area (Å²) in [5, 5.41) is 1.19. The average molecular weight is 221 g/mol. The maximum absolute atomic E-state index is 5.58. The van der Waals surface area contributed by atoms with E-state index in [4.69, 9.17) is 5.73 Å². The summed E-state index contributed by atoms with van der Waals surface area (Å²) < 4.78 is 1.22. The Labute approximate surface area is 93.4 Å². The quantitative estimate of drug-likeness (QED) is 0.861. The number of thiazole rings is 1. The molecule has 0 aliphatic heterocycles. The van der Waals surface area contributed by atoms with E-state index in [1.807, 2.05) is 18.5 Å². The first-order valence-corrected chi connectivity index (χ1v) is 6.00. The summed E-state index contributed by atoms with van der Waals surface area (Å²) in [5.74, 6) is 0.579. The highest BCUT2D eigenvalue weighted by molar-refractivity contribution is 7.18. The normalized spacial score (nSPS) is 13.2. The van der Waals surface area contributed by atoms with Gasteiger partial charge in [-0.2, -0.15) is 0 Å². The summed E-state index contributed by atoms with van der Waals surface area (Å²) in [5.41, 5.74) is 6.60. The minimum atomic E-state index is 0.579. The summed E-state index contributed by atoms with van der Waals surface area (Å²) in [6.07, 6.45) is 5.77. The van der Waals surface area contributed by atoms with Crippen molar-refractivity contribution in [1.82, 2.24) is 9.97 Å². The minimum Gasteiger partial charge on any atom is -0.330 e. The lowest BCUT2D eigenvalue weighted by Crippen LogP contribution is -2.11. The first-order chi connectivity index (χ1) is 7.29. The molecule has 80 valence electrons. The van der Waals surface area contributed by atoms with Crippen molar-refractivity contribution >= 4 is 21.6 Å². The minimum absolute atomic E-state index is 0.579. The van der Waals surface area contributed by atoms with Gasteiger partial charge in [0, 0.05) is 6.20 Å². The van der Waals surface area contributed by atoms with Gasteiger partial charge in [0.1, 0.15) is 0 Å². The molecule has 4 heteroatoms. The molecule has 2 N–H and O–H groups in total. The maximum Gasteiger partial charge on any atom is 0.0998 e. The molecule has 2 aromatic heterocycles. The summed E-state index contributed by atoms with van der Waals surface area (Å²) in [4.78, 5) is 8.60. The number of nitrogens with two attached hydrogens (primary N) is 1. The predicted octanol–water partition coefficient (Wildman–Crippen LogP) is 2.22. The van der Waals surface area contributed by atoms with Gasteiger partial charge in [0.15, 0.2) is 0 Å². The maximum atomic E-state index is 5.58. The Morgan fingerprint density at radius 1 is 1.53 bits per heavy atom. The number of hydrogen-bond acceptors (Lipinski definition) is 4. The monoisotopic (exact) mass is 221 g/mol. The van der Waals surface area contributed by atoms with Crippen LogP contribution in [0.4, 0.5) is 0 Å². The number of aryl methyl sites for hydroxylation is 1. The Morgan fingerprint density at radius 2 is 2.40 bits per heavy atom. The molecule has 0 saturated heterocycles. The fourth-order valence-corrected chi connectivity index (χ4v) is 2.37. The highest BCUT2D eigenvalue weighted by Gasteiger charge is 2.05. The van der Waals surface area contributed by atoms with E-state index >= 15 is 0 Å². The van der Waals surface area contributed by atoms with Crippen molar-refractivity contribution in [3.8, 4) is 0 Å². The molecule has 0 saturated carbocycles. The van der Waals surface area contributed by atoms with Crippen molar-refractivity contribution < 1.29 is 0 Å². The van der Waals surface area contributed by atoms with Crippen molar-refractivity contribution in [3.63, 3.8) is 0 Å². The molecule has 2 heterocycles. The Balaban J connectivity index is 2.09. The number of hydrogen-bond donors (Lipinski definition) is 1. The van der Waals surface area contributed by atoms with Gasteiger partial charge in [-0.1, -0.05) is 6.92 Å². The van der Waals surface area contributed by atoms with Gasteiger partial charge >= 0.3 is 0 Å². The molecule has 1 atom stereocenters. The van der Waals surface area contributed by atoms with E-state index in [0.717, 1.165) is 24.9 Å². The SMILES string of the molecule is CC(CN)CCc1nc2cnccc2s1. The molecule has 0 amide bonds. The predicted molar refractivity (Wildman–Crippen MR) is 64.0 cm³/mol. The van der Waals surface area contributed by atoms with Crippen molar-refractivity contribution in [2.24, 2.45) is 11.7 Å². The highest BCUT2D eigenvalue weighted by Crippen LogP contribution is 2.22. The zero-order valence-corrected chi connectivity index (χ0v) is 9.63. The first-order valence-electron chi connectivity index (χ1n) is 5.19. The van der Waals surface area contributed by atoms with E-state index < -0.39 is 0 Å². The van der Waals surface area contributed by atoms with Crippen LogP contribution in [0.2, 0.25) is 0 Å². The Morgan fingerprint density at radius 3 is 3.13 bits per heavy atom. The molecule has 1 unspecified atom stereocenters. The van der Waals surface area contributed by atoms with E-state index in [2.05, 4.69) is 16.9 Å². The number of rotatable bonds is 4. The molecule has 3 nitrogen and oxygen atoms in total. The number of fused-ring (bicyclic) bond motifs is 1. The average Bonchev–Trinajstić information content (AvgIpc) is 2.68. The molecule has 2 rings (SSSR count). The number of aromatic nitrogens is 2. The Bertz CT molecular complexity index is 405. The van der Waals surface area contributed by atoms with Crippen molar-refractivity contribution in [2.45, 2.75) is 19.8 Å². The van der Waals surface area contributed by atoms with Crippen LogP contribution >= 0.6 is 11.3 Å². The number of pyridine rings is 1. The molecule has 0 radical (unpaired) electrons. The molecule has 0 bridgehead atoms. The van der Waals surface area contributed by atoms with Crippen LogP contribution in [0.25, 0.3) is 10.2 Å². The summed E-state index contributed by atoms with van der Waals surface area (Å²) in [7, 11) is 0. The molecule has 15 heavy (non-hydrogen) atoms. The summed E-state index contributed by atoms with van der Waals surface area (Å²) in [6.45, 7) is 2.93. The lowest BCUT2D eigenvalue weighted by Gasteiger charge is -2.04. The van der Waals surface area contributed by atoms with Gasteiger partial charge in [-0.15, -0.1) is 11.3 Å². The smallest absolute Gasteiger partial charge is 0.0998 e. The third-order valence-corrected chi connectivity index (χ3v) is 3.58. The second-order valence-electron chi connectivity index (χ2n) is 3.83. The standard InChI is InChI=1S/C11H15N3S/c1-8(6-12)2-3-11-14-9-7-13-5-4-10(9)15-11/h4-5,7-8H,2-3,6,12H2,1H3. The second kappa shape index (κ2) is 4.68. The Kier molecular flexibility index (Phi) is 3.28. The van der Waals surface area contributed by atoms with Crippen molar-refractivity contribution in [2.75, 3.05) is 6.54 Å². The van der Waals surface area contributed by atoms with Crippen LogP contribution in [0.1, 0.15) is 18.4 Å². The van der Waals surface area contributed by atoms with Gasteiger partial charge in [0.2, 0.25) is 0 Å². The fraction of sp³-hybridized carbons (Fsp3) is 0.455. The molecule has 0 aromatic carbocycles. The molecule has 0 spiro atoms. The van der Waals surface area contributed by atoms with Crippen LogP contribution in [0.5, 0.6) is 0 Å². The first kappa shape index (κ1) is 10.5. The van der Waals surface area contributed by atoms with Gasteiger partial charge in [0.05, 0.1) is 21.4 Å². The van der Waals surface area contributed by atoms with Crippen molar-refractivity contribution in [3.05, 3.63) is 23.5 Å². The zero-order valence-electron chi connectivity index (χ0n) is 8.81. The molecule has 0 aliphatic rings. The van der Waals surface area contributed by atoms with Crippen LogP contribution in [0.3, 0.4) is 0 Å². The van der Waals surface area contributed by atoms with Crippen LogP contribution in [-0.4, -0.2) is 16.5 Å². The van der Waals surface area contributed by atoms with E-state index in [1.165, 1.54) is 9.71 Å². The third-order valence-electron chi connectivity index (χ3n) is 2.49. The molecular weight excluding hydrogens is 206 g/mol.